The zero-order chi connectivity index (χ0) is 20.8. The summed E-state index contributed by atoms with van der Waals surface area (Å²) in [5, 5.41) is 15.9. The van der Waals surface area contributed by atoms with E-state index in [2.05, 4.69) is 10.3 Å². The molecule has 0 spiro atoms. The third-order valence-corrected chi connectivity index (χ3v) is 5.78. The summed E-state index contributed by atoms with van der Waals surface area (Å²) >= 11 is 6.42. The van der Waals surface area contributed by atoms with Gasteiger partial charge < -0.3 is 15.2 Å². The minimum Gasteiger partial charge on any atom is -0.482 e. The highest BCUT2D eigenvalue weighted by Crippen LogP contribution is 2.44. The van der Waals surface area contributed by atoms with Gasteiger partial charge in [-0.1, -0.05) is 35.9 Å². The lowest BCUT2D eigenvalue weighted by Gasteiger charge is -2.42. The molecule has 0 bridgehead atoms. The van der Waals surface area contributed by atoms with Crippen LogP contribution < -0.4 is 10.1 Å². The number of rotatable bonds is 4. The summed E-state index contributed by atoms with van der Waals surface area (Å²) in [6.07, 6.45) is -0.0300. The van der Waals surface area contributed by atoms with E-state index in [-0.39, 0.29) is 11.9 Å². The smallest absolute Gasteiger partial charge is 0.151 e. The Bertz CT molecular complexity index is 1050. The molecule has 0 aliphatic carbocycles. The first-order chi connectivity index (χ1) is 13.8. The number of hydrogen-bond acceptors (Lipinski definition) is 4. The number of pyridine rings is 1. The second kappa shape index (κ2) is 7.56. The Labute approximate surface area is 174 Å². The number of aryl methyl sites for hydroxylation is 1. The zero-order valence-electron chi connectivity index (χ0n) is 16.7. The van der Waals surface area contributed by atoms with E-state index in [1.54, 1.807) is 12.1 Å². The lowest BCUT2D eigenvalue weighted by Crippen LogP contribution is -2.52. The maximum absolute atomic E-state index is 13.1. The van der Waals surface area contributed by atoms with Gasteiger partial charge >= 0.3 is 0 Å². The highest BCUT2D eigenvalue weighted by Gasteiger charge is 2.43. The van der Waals surface area contributed by atoms with Crippen LogP contribution in [0.1, 0.15) is 36.7 Å². The largest absolute Gasteiger partial charge is 0.482 e. The summed E-state index contributed by atoms with van der Waals surface area (Å²) in [7, 11) is 0. The van der Waals surface area contributed by atoms with Crippen LogP contribution in [0.3, 0.4) is 0 Å². The van der Waals surface area contributed by atoms with E-state index >= 15 is 0 Å². The summed E-state index contributed by atoms with van der Waals surface area (Å²) < 4.78 is 19.3. The summed E-state index contributed by atoms with van der Waals surface area (Å²) in [6.45, 7) is 6.26. The molecule has 0 fully saturated rings. The van der Waals surface area contributed by atoms with E-state index in [4.69, 9.17) is 16.3 Å². The Balaban J connectivity index is 1.67. The van der Waals surface area contributed by atoms with Crippen LogP contribution in [0.2, 0.25) is 5.02 Å². The van der Waals surface area contributed by atoms with Crippen molar-refractivity contribution in [1.82, 2.24) is 10.3 Å². The molecular formula is C23H24ClFN2O2. The standard InChI is InChI=1S/C23H24ClFN2O2/c1-13-12-18(24)16-8-9-17-20(26-11-10-14-4-6-15(25)7-5-14)22(28)23(2,3)29-21(17)19(16)27-13/h4-9,12,20,22,26,28H,10-11H2,1-3H3. The fraction of sp³-hybridized carbons (Fsp3) is 0.348. The number of nitrogens with zero attached hydrogens (tertiary/aromatic N) is 1. The normalized spacial score (nSPS) is 20.3. The number of aliphatic hydroxyl groups excluding tert-OH is 1. The summed E-state index contributed by atoms with van der Waals surface area (Å²) in [5.74, 6) is 0.410. The molecule has 2 aromatic carbocycles. The predicted molar refractivity (Wildman–Crippen MR) is 113 cm³/mol. The van der Waals surface area contributed by atoms with Crippen molar-refractivity contribution in [2.75, 3.05) is 6.54 Å². The predicted octanol–water partition coefficient (Wildman–Crippen LogP) is 4.74. The lowest BCUT2D eigenvalue weighted by atomic mass is 9.85. The summed E-state index contributed by atoms with van der Waals surface area (Å²) in [6, 6.07) is 11.8. The Morgan fingerprint density at radius 1 is 1.21 bits per heavy atom. The molecule has 2 atom stereocenters. The van der Waals surface area contributed by atoms with E-state index in [1.807, 2.05) is 39.0 Å². The van der Waals surface area contributed by atoms with Gasteiger partial charge in [-0.15, -0.1) is 0 Å². The van der Waals surface area contributed by atoms with Crippen molar-refractivity contribution in [3.63, 3.8) is 0 Å². The van der Waals surface area contributed by atoms with Gasteiger partial charge in [-0.2, -0.15) is 0 Å². The van der Waals surface area contributed by atoms with Crippen LogP contribution in [0.25, 0.3) is 10.9 Å². The molecule has 0 radical (unpaired) electrons. The van der Waals surface area contributed by atoms with Crippen molar-refractivity contribution in [3.05, 3.63) is 70.1 Å². The molecule has 152 valence electrons. The topological polar surface area (TPSA) is 54.4 Å². The minimum atomic E-state index is -0.799. The first kappa shape index (κ1) is 20.1. The molecule has 1 aliphatic rings. The average molecular weight is 415 g/mol. The van der Waals surface area contributed by atoms with E-state index < -0.39 is 11.7 Å². The van der Waals surface area contributed by atoms with Gasteiger partial charge in [-0.3, -0.25) is 0 Å². The monoisotopic (exact) mass is 414 g/mol. The first-order valence-corrected chi connectivity index (χ1v) is 10.1. The number of benzene rings is 2. The number of ether oxygens (including phenoxy) is 1. The SMILES string of the molecule is Cc1cc(Cl)c2ccc3c(c2n1)OC(C)(C)C(O)C3NCCc1ccc(F)cc1. The first-order valence-electron chi connectivity index (χ1n) is 9.71. The van der Waals surface area contributed by atoms with E-state index in [0.29, 0.717) is 22.8 Å². The third-order valence-electron chi connectivity index (χ3n) is 5.46. The van der Waals surface area contributed by atoms with E-state index in [1.165, 1.54) is 12.1 Å². The van der Waals surface area contributed by atoms with Crippen molar-refractivity contribution in [2.45, 2.75) is 44.9 Å². The van der Waals surface area contributed by atoms with Gasteiger partial charge in [0.1, 0.15) is 23.0 Å². The Morgan fingerprint density at radius 2 is 1.93 bits per heavy atom. The van der Waals surface area contributed by atoms with Gasteiger partial charge in [-0.25, -0.2) is 9.37 Å². The van der Waals surface area contributed by atoms with Crippen LogP contribution in [0.4, 0.5) is 4.39 Å². The van der Waals surface area contributed by atoms with Crippen molar-refractivity contribution < 1.29 is 14.2 Å². The van der Waals surface area contributed by atoms with Crippen LogP contribution in [-0.4, -0.2) is 28.3 Å². The molecule has 2 N–H and O–H groups in total. The molecule has 2 heterocycles. The molecular weight excluding hydrogens is 391 g/mol. The maximum atomic E-state index is 13.1. The van der Waals surface area contributed by atoms with Gasteiger partial charge in [0.05, 0.1) is 11.1 Å². The molecule has 3 aromatic rings. The van der Waals surface area contributed by atoms with Crippen molar-refractivity contribution in [3.8, 4) is 5.75 Å². The van der Waals surface area contributed by atoms with Crippen molar-refractivity contribution in [1.29, 1.82) is 0 Å². The molecule has 0 saturated heterocycles. The minimum absolute atomic E-state index is 0.245. The van der Waals surface area contributed by atoms with Crippen LogP contribution in [0, 0.1) is 12.7 Å². The molecule has 6 heteroatoms. The summed E-state index contributed by atoms with van der Waals surface area (Å²) in [5.41, 5.74) is 2.61. The number of hydrogen-bond donors (Lipinski definition) is 2. The number of aromatic nitrogens is 1. The zero-order valence-corrected chi connectivity index (χ0v) is 17.4. The molecule has 1 aromatic heterocycles. The molecule has 4 rings (SSSR count). The molecule has 1 aliphatic heterocycles. The van der Waals surface area contributed by atoms with E-state index in [0.717, 1.165) is 28.6 Å². The van der Waals surface area contributed by atoms with E-state index in [9.17, 15) is 9.50 Å². The maximum Gasteiger partial charge on any atom is 0.151 e. The second-order valence-corrected chi connectivity index (χ2v) is 8.49. The fourth-order valence-corrected chi connectivity index (χ4v) is 4.16. The second-order valence-electron chi connectivity index (χ2n) is 8.08. The Kier molecular flexibility index (Phi) is 5.23. The van der Waals surface area contributed by atoms with Gasteiger partial charge in [-0.05, 0) is 57.5 Å². The number of aliphatic hydroxyl groups is 1. The highest BCUT2D eigenvalue weighted by molar-refractivity contribution is 6.35. The third kappa shape index (κ3) is 3.82. The number of nitrogens with one attached hydrogen (secondary N) is 1. The van der Waals surface area contributed by atoms with Crippen molar-refractivity contribution >= 4 is 22.5 Å². The van der Waals surface area contributed by atoms with Gasteiger partial charge in [0, 0.05) is 16.6 Å². The molecule has 4 nitrogen and oxygen atoms in total. The average Bonchev–Trinajstić information content (AvgIpc) is 2.66. The molecule has 29 heavy (non-hydrogen) atoms. The highest BCUT2D eigenvalue weighted by atomic mass is 35.5. The van der Waals surface area contributed by atoms with Gasteiger partial charge in [0.25, 0.3) is 0 Å². The fourth-order valence-electron chi connectivity index (χ4n) is 3.85. The van der Waals surface area contributed by atoms with Crippen LogP contribution in [0.15, 0.2) is 42.5 Å². The van der Waals surface area contributed by atoms with Gasteiger partial charge in [0.2, 0.25) is 0 Å². The number of halogens is 2. The van der Waals surface area contributed by atoms with Crippen LogP contribution in [-0.2, 0) is 6.42 Å². The quantitative estimate of drug-likeness (QED) is 0.647. The molecule has 2 unspecified atom stereocenters. The number of fused-ring (bicyclic) bond motifs is 3. The van der Waals surface area contributed by atoms with Gasteiger partial charge in [0.15, 0.2) is 5.75 Å². The lowest BCUT2D eigenvalue weighted by molar-refractivity contribution is -0.0634. The van der Waals surface area contributed by atoms with Crippen LogP contribution in [0.5, 0.6) is 5.75 Å². The molecule has 0 saturated carbocycles. The Morgan fingerprint density at radius 3 is 2.66 bits per heavy atom. The van der Waals surface area contributed by atoms with Crippen LogP contribution >= 0.6 is 11.6 Å². The Hall–Kier alpha value is -2.21. The van der Waals surface area contributed by atoms with Crippen molar-refractivity contribution in [2.24, 2.45) is 0 Å². The summed E-state index contributed by atoms with van der Waals surface area (Å²) in [4.78, 5) is 4.66. The molecule has 0 amide bonds.